The summed E-state index contributed by atoms with van der Waals surface area (Å²) in [7, 11) is 0. The lowest BCUT2D eigenvalue weighted by atomic mass is 10.2. The number of hydrogen-bond donors (Lipinski definition) is 3. The van der Waals surface area contributed by atoms with Gasteiger partial charge in [-0.05, 0) is 24.6 Å². The van der Waals surface area contributed by atoms with E-state index in [1.54, 1.807) is 18.2 Å². The quantitative estimate of drug-likeness (QED) is 0.740. The monoisotopic (exact) mass is 280 g/mol. The molecule has 0 bridgehead atoms. The molecule has 1 unspecified atom stereocenters. The largest absolute Gasteiger partial charge is 0.480 e. The molecule has 1 atom stereocenters. The van der Waals surface area contributed by atoms with Gasteiger partial charge in [-0.15, -0.1) is 12.3 Å². The molecule has 0 saturated carbocycles. The van der Waals surface area contributed by atoms with E-state index in [0.29, 0.717) is 10.7 Å². The van der Waals surface area contributed by atoms with Crippen LogP contribution in [0.5, 0.6) is 0 Å². The predicted molar refractivity (Wildman–Crippen MR) is 73.2 cm³/mol. The lowest BCUT2D eigenvalue weighted by Gasteiger charge is -2.13. The molecule has 1 aromatic carbocycles. The molecule has 0 radical (unpaired) electrons. The van der Waals surface area contributed by atoms with Gasteiger partial charge in [0.2, 0.25) is 0 Å². The number of amides is 2. The predicted octanol–water partition coefficient (Wildman–Crippen LogP) is 2.25. The van der Waals surface area contributed by atoms with Crippen LogP contribution in [0.2, 0.25) is 5.02 Å². The number of carboxylic acid groups (broad SMARTS) is 1. The Morgan fingerprint density at radius 1 is 1.53 bits per heavy atom. The van der Waals surface area contributed by atoms with E-state index >= 15 is 0 Å². The van der Waals surface area contributed by atoms with Crippen LogP contribution in [-0.4, -0.2) is 23.1 Å². The van der Waals surface area contributed by atoms with Crippen molar-refractivity contribution in [1.82, 2.24) is 5.32 Å². The zero-order valence-electron chi connectivity index (χ0n) is 10.2. The van der Waals surface area contributed by atoms with Crippen molar-refractivity contribution in [2.75, 3.05) is 5.32 Å². The molecular formula is C13H13ClN2O3. The lowest BCUT2D eigenvalue weighted by molar-refractivity contribution is -0.139. The summed E-state index contributed by atoms with van der Waals surface area (Å²) in [6.45, 7) is 1.86. The zero-order chi connectivity index (χ0) is 14.4. The van der Waals surface area contributed by atoms with Gasteiger partial charge in [0.15, 0.2) is 0 Å². The van der Waals surface area contributed by atoms with E-state index in [1.807, 2.05) is 6.92 Å². The fourth-order valence-electron chi connectivity index (χ4n) is 1.36. The smallest absolute Gasteiger partial charge is 0.327 e. The number of nitrogens with one attached hydrogen (secondary N) is 2. The first-order valence-electron chi connectivity index (χ1n) is 5.44. The van der Waals surface area contributed by atoms with Gasteiger partial charge in [-0.1, -0.05) is 17.7 Å². The van der Waals surface area contributed by atoms with Crippen molar-refractivity contribution in [3.63, 3.8) is 0 Å². The van der Waals surface area contributed by atoms with Gasteiger partial charge in [0, 0.05) is 6.42 Å². The number of aryl methyl sites for hydroxylation is 1. The summed E-state index contributed by atoms with van der Waals surface area (Å²) in [5.41, 5.74) is 1.35. The van der Waals surface area contributed by atoms with E-state index in [0.717, 1.165) is 5.56 Å². The summed E-state index contributed by atoms with van der Waals surface area (Å²) in [5, 5.41) is 13.9. The minimum atomic E-state index is -1.19. The Balaban J connectivity index is 2.69. The van der Waals surface area contributed by atoms with Gasteiger partial charge in [-0.25, -0.2) is 9.59 Å². The van der Waals surface area contributed by atoms with E-state index in [2.05, 4.69) is 16.6 Å². The van der Waals surface area contributed by atoms with E-state index in [4.69, 9.17) is 23.1 Å². The van der Waals surface area contributed by atoms with Crippen molar-refractivity contribution >= 4 is 29.3 Å². The molecule has 100 valence electrons. The molecule has 0 heterocycles. The number of carboxylic acids is 1. The zero-order valence-corrected chi connectivity index (χ0v) is 11.0. The Hall–Kier alpha value is -2.19. The molecule has 0 fully saturated rings. The molecule has 0 saturated heterocycles. The molecule has 2 amide bonds. The minimum absolute atomic E-state index is 0.0929. The molecule has 1 aromatic rings. The highest BCUT2D eigenvalue weighted by Crippen LogP contribution is 2.22. The molecule has 0 aliphatic heterocycles. The fraction of sp³-hybridized carbons (Fsp3) is 0.231. The summed E-state index contributed by atoms with van der Waals surface area (Å²) >= 11 is 5.94. The number of urea groups is 1. The van der Waals surface area contributed by atoms with Crippen LogP contribution in [0.3, 0.4) is 0 Å². The second-order valence-corrected chi connectivity index (χ2v) is 4.29. The average molecular weight is 281 g/mol. The van der Waals surface area contributed by atoms with E-state index in [1.165, 1.54) is 0 Å². The van der Waals surface area contributed by atoms with Crippen molar-refractivity contribution in [2.45, 2.75) is 19.4 Å². The number of rotatable bonds is 4. The number of aliphatic carboxylic acids is 1. The molecule has 1 rings (SSSR count). The van der Waals surface area contributed by atoms with Crippen LogP contribution in [0.25, 0.3) is 0 Å². The second-order valence-electron chi connectivity index (χ2n) is 3.88. The Morgan fingerprint density at radius 2 is 2.21 bits per heavy atom. The Kier molecular flexibility index (Phi) is 5.22. The summed E-state index contributed by atoms with van der Waals surface area (Å²) in [6.07, 6.45) is 4.94. The summed E-state index contributed by atoms with van der Waals surface area (Å²) in [4.78, 5) is 22.5. The topological polar surface area (TPSA) is 78.4 Å². The number of hydrogen-bond acceptors (Lipinski definition) is 2. The maximum absolute atomic E-state index is 11.6. The van der Waals surface area contributed by atoms with Crippen molar-refractivity contribution in [3.05, 3.63) is 28.8 Å². The normalized spacial score (nSPS) is 11.2. The van der Waals surface area contributed by atoms with Crippen LogP contribution in [0.15, 0.2) is 18.2 Å². The van der Waals surface area contributed by atoms with Crippen molar-refractivity contribution in [3.8, 4) is 12.3 Å². The third-order valence-electron chi connectivity index (χ3n) is 2.30. The first-order chi connectivity index (χ1) is 8.93. The number of carbonyl (C=O) groups is 2. The molecule has 3 N–H and O–H groups in total. The summed E-state index contributed by atoms with van der Waals surface area (Å²) < 4.78 is 0. The third-order valence-corrected chi connectivity index (χ3v) is 2.61. The number of benzene rings is 1. The van der Waals surface area contributed by atoms with Gasteiger partial charge in [-0.2, -0.15) is 0 Å². The van der Waals surface area contributed by atoms with Crippen molar-refractivity contribution in [1.29, 1.82) is 0 Å². The third kappa shape index (κ3) is 4.53. The SMILES string of the molecule is C#CCC(NC(=O)Nc1ccc(C)cc1Cl)C(=O)O. The number of halogens is 1. The number of terminal acetylenes is 1. The van der Waals surface area contributed by atoms with Crippen LogP contribution in [0, 0.1) is 19.3 Å². The molecular weight excluding hydrogens is 268 g/mol. The molecule has 0 aliphatic carbocycles. The first-order valence-corrected chi connectivity index (χ1v) is 5.81. The Morgan fingerprint density at radius 3 is 2.74 bits per heavy atom. The van der Waals surface area contributed by atoms with Gasteiger partial charge >= 0.3 is 12.0 Å². The maximum atomic E-state index is 11.6. The van der Waals surface area contributed by atoms with Crippen LogP contribution < -0.4 is 10.6 Å². The first kappa shape index (κ1) is 14.9. The molecule has 6 heteroatoms. The number of anilines is 1. The average Bonchev–Trinajstić information content (AvgIpc) is 2.32. The second kappa shape index (κ2) is 6.66. The highest BCUT2D eigenvalue weighted by molar-refractivity contribution is 6.33. The van der Waals surface area contributed by atoms with Crippen molar-refractivity contribution < 1.29 is 14.7 Å². The maximum Gasteiger partial charge on any atom is 0.327 e. The summed E-state index contributed by atoms with van der Waals surface area (Å²) in [5.74, 6) is 0.996. The highest BCUT2D eigenvalue weighted by atomic mass is 35.5. The Bertz CT molecular complexity index is 537. The van der Waals surface area contributed by atoms with Gasteiger partial charge < -0.3 is 15.7 Å². The van der Waals surface area contributed by atoms with Gasteiger partial charge in [0.05, 0.1) is 10.7 Å². The molecule has 0 aromatic heterocycles. The van der Waals surface area contributed by atoms with E-state index < -0.39 is 18.0 Å². The standard InChI is InChI=1S/C13H13ClN2O3/c1-3-4-11(12(17)18)16-13(19)15-10-6-5-8(2)7-9(10)14/h1,5-7,11H,4H2,2H3,(H,17,18)(H2,15,16,19). The highest BCUT2D eigenvalue weighted by Gasteiger charge is 2.18. The van der Waals surface area contributed by atoms with Crippen LogP contribution >= 0.6 is 11.6 Å². The van der Waals surface area contributed by atoms with Crippen LogP contribution in [0.1, 0.15) is 12.0 Å². The number of carbonyl (C=O) groups excluding carboxylic acids is 1. The molecule has 19 heavy (non-hydrogen) atoms. The lowest BCUT2D eigenvalue weighted by Crippen LogP contribution is -2.42. The van der Waals surface area contributed by atoms with E-state index in [9.17, 15) is 9.59 Å². The summed E-state index contributed by atoms with van der Waals surface area (Å²) in [6, 6.07) is 3.29. The minimum Gasteiger partial charge on any atom is -0.480 e. The van der Waals surface area contributed by atoms with Crippen LogP contribution in [0.4, 0.5) is 10.5 Å². The van der Waals surface area contributed by atoms with Crippen molar-refractivity contribution in [2.24, 2.45) is 0 Å². The fourth-order valence-corrected chi connectivity index (χ4v) is 1.64. The van der Waals surface area contributed by atoms with E-state index in [-0.39, 0.29) is 6.42 Å². The molecule has 5 nitrogen and oxygen atoms in total. The molecule has 0 spiro atoms. The van der Waals surface area contributed by atoms with Gasteiger partial charge in [0.25, 0.3) is 0 Å². The van der Waals surface area contributed by atoms with Crippen LogP contribution in [-0.2, 0) is 4.79 Å². The Labute approximate surface area is 116 Å². The molecule has 0 aliphatic rings. The van der Waals surface area contributed by atoms with Gasteiger partial charge in [0.1, 0.15) is 6.04 Å². The van der Waals surface area contributed by atoms with Gasteiger partial charge in [-0.3, -0.25) is 0 Å².